The Morgan fingerprint density at radius 1 is 0.508 bits per heavy atom. The summed E-state index contributed by atoms with van der Waals surface area (Å²) in [4.78, 5) is 33.7. The zero-order valence-electron chi connectivity index (χ0n) is 39.9. The van der Waals surface area contributed by atoms with Gasteiger partial charge >= 0.3 is 19.8 Å². The quantitative estimate of drug-likeness (QED) is 0.0233. The van der Waals surface area contributed by atoms with Gasteiger partial charge in [0.05, 0.1) is 19.8 Å². The van der Waals surface area contributed by atoms with Crippen molar-refractivity contribution in [1.82, 2.24) is 0 Å². The van der Waals surface area contributed by atoms with Crippen LogP contribution in [0.25, 0.3) is 0 Å². The van der Waals surface area contributed by atoms with Gasteiger partial charge in [-0.2, -0.15) is 0 Å². The van der Waals surface area contributed by atoms with E-state index in [1.165, 1.54) is 89.9 Å². The normalized spacial score (nSPS) is 14.3. The van der Waals surface area contributed by atoms with E-state index in [0.29, 0.717) is 13.0 Å². The summed E-state index contributed by atoms with van der Waals surface area (Å²) in [6, 6.07) is -1.48. The molecule has 0 aliphatic carbocycles. The lowest BCUT2D eigenvalue weighted by Crippen LogP contribution is -2.34. The number of ether oxygens (including phenoxy) is 2. The highest BCUT2D eigenvalue weighted by Gasteiger charge is 2.27. The number of carboxylic acid groups (broad SMARTS) is 1. The third-order valence-electron chi connectivity index (χ3n) is 10.5. The lowest BCUT2D eigenvalue weighted by Gasteiger charge is -2.20. The molecule has 0 fully saturated rings. The molecule has 0 heterocycles. The molecule has 0 rings (SSSR count). The average molecular weight is 906 g/mol. The number of allylic oxidation sites excluding steroid dienone is 12. The van der Waals surface area contributed by atoms with Crippen molar-refractivity contribution in [1.29, 1.82) is 0 Å². The number of esters is 1. The maximum absolute atomic E-state index is 12.7. The SMILES string of the molecule is CCCCC/C=C\C/C=C\C/C=C\CCCCCCCCC(=O)OC(COCCCCCCCCC/C=C\C/C=C\C/C=C\CCCCCCC)COP(=O)(O)OCC(N)C(=O)O. The Morgan fingerprint density at radius 2 is 0.873 bits per heavy atom. The molecule has 0 aliphatic heterocycles. The Hall–Kier alpha value is -2.59. The van der Waals surface area contributed by atoms with Gasteiger partial charge in [0, 0.05) is 13.0 Å². The summed E-state index contributed by atoms with van der Waals surface area (Å²) >= 11 is 0. The van der Waals surface area contributed by atoms with E-state index in [2.05, 4.69) is 86.8 Å². The van der Waals surface area contributed by atoms with Crippen LogP contribution in [0.5, 0.6) is 0 Å². The first-order valence-corrected chi connectivity index (χ1v) is 26.5. The second-order valence-corrected chi connectivity index (χ2v) is 18.0. The minimum atomic E-state index is -4.63. The van der Waals surface area contributed by atoms with E-state index >= 15 is 0 Å². The fraction of sp³-hybridized carbons (Fsp3) is 0.731. The van der Waals surface area contributed by atoms with Crippen LogP contribution in [-0.2, 0) is 32.7 Å². The summed E-state index contributed by atoms with van der Waals surface area (Å²) in [5.74, 6) is -1.80. The number of phosphoric acid groups is 1. The topological polar surface area (TPSA) is 155 Å². The van der Waals surface area contributed by atoms with E-state index in [4.69, 9.17) is 29.4 Å². The average Bonchev–Trinajstić information content (AvgIpc) is 3.26. The molecule has 3 atom stereocenters. The van der Waals surface area contributed by atoms with E-state index < -0.39 is 45.1 Å². The van der Waals surface area contributed by atoms with Gasteiger partial charge in [0.1, 0.15) is 12.1 Å². The summed E-state index contributed by atoms with van der Waals surface area (Å²) in [5.41, 5.74) is 5.37. The standard InChI is InChI=1S/C52H92NO9P/c1-3-5-7-9-11-13-15-17-19-21-23-24-25-27-29-31-33-35-37-39-41-43-45-59-46-49(47-60-63(57,58)61-48-50(53)52(55)56)62-51(54)44-42-40-38-36-34-32-30-28-26-22-20-18-16-14-12-10-8-6-4-2/h12,14-15,17-18,20-21,23,25-28,49-50H,3-11,13,16,19,22,24,29-48,53H2,1-2H3,(H,55,56)(H,57,58)/b14-12-,17-15-,20-18-,23-21-,27-25-,28-26-. The van der Waals surface area contributed by atoms with Crippen molar-refractivity contribution in [2.24, 2.45) is 5.73 Å². The van der Waals surface area contributed by atoms with Gasteiger partial charge in [0.25, 0.3) is 0 Å². The first kappa shape index (κ1) is 60.4. The molecule has 0 aromatic heterocycles. The Balaban J connectivity index is 4.23. The van der Waals surface area contributed by atoms with E-state index in [9.17, 15) is 19.0 Å². The van der Waals surface area contributed by atoms with Gasteiger partial charge in [-0.3, -0.25) is 18.6 Å². The maximum Gasteiger partial charge on any atom is 0.472 e. The third-order valence-corrected chi connectivity index (χ3v) is 11.4. The number of carbonyl (C=O) groups excluding carboxylic acids is 1. The molecular formula is C52H92NO9P. The van der Waals surface area contributed by atoms with E-state index in [0.717, 1.165) is 89.9 Å². The molecule has 0 aromatic rings. The number of rotatable bonds is 47. The van der Waals surface area contributed by atoms with Gasteiger partial charge in [-0.05, 0) is 89.9 Å². The van der Waals surface area contributed by atoms with Gasteiger partial charge in [-0.1, -0.05) is 183 Å². The van der Waals surface area contributed by atoms with Crippen molar-refractivity contribution in [3.63, 3.8) is 0 Å². The summed E-state index contributed by atoms with van der Waals surface area (Å²) in [7, 11) is -4.63. The van der Waals surface area contributed by atoms with Crippen molar-refractivity contribution in [2.75, 3.05) is 26.4 Å². The lowest BCUT2D eigenvalue weighted by atomic mass is 10.1. The maximum atomic E-state index is 12.7. The van der Waals surface area contributed by atoms with Crippen LogP contribution in [0.1, 0.15) is 206 Å². The lowest BCUT2D eigenvalue weighted by molar-refractivity contribution is -0.154. The summed E-state index contributed by atoms with van der Waals surface area (Å²) in [6.07, 6.45) is 59.5. The van der Waals surface area contributed by atoms with Crippen LogP contribution in [0.4, 0.5) is 0 Å². The van der Waals surface area contributed by atoms with Crippen molar-refractivity contribution in [2.45, 2.75) is 219 Å². The Kier molecular flexibility index (Phi) is 45.4. The molecular weight excluding hydrogens is 814 g/mol. The number of aliphatic carboxylic acids is 1. The number of phosphoric ester groups is 1. The Morgan fingerprint density at radius 3 is 1.33 bits per heavy atom. The minimum Gasteiger partial charge on any atom is -0.480 e. The molecule has 0 aromatic carbocycles. The third kappa shape index (κ3) is 47.2. The molecule has 10 nitrogen and oxygen atoms in total. The number of carboxylic acids is 1. The molecule has 0 spiro atoms. The van der Waals surface area contributed by atoms with Crippen LogP contribution >= 0.6 is 7.82 Å². The van der Waals surface area contributed by atoms with Crippen molar-refractivity contribution >= 4 is 19.8 Å². The van der Waals surface area contributed by atoms with E-state index in [1.54, 1.807) is 0 Å². The van der Waals surface area contributed by atoms with Crippen LogP contribution in [0.15, 0.2) is 72.9 Å². The highest BCUT2D eigenvalue weighted by atomic mass is 31.2. The highest BCUT2D eigenvalue weighted by Crippen LogP contribution is 2.43. The minimum absolute atomic E-state index is 0.00125. The van der Waals surface area contributed by atoms with Crippen molar-refractivity contribution < 1.29 is 42.7 Å². The van der Waals surface area contributed by atoms with E-state index in [1.807, 2.05) is 0 Å². The molecule has 11 heteroatoms. The first-order chi connectivity index (χ1) is 30.7. The fourth-order valence-corrected chi connectivity index (χ4v) is 7.34. The Labute approximate surface area is 384 Å². The molecule has 0 saturated heterocycles. The number of unbranched alkanes of at least 4 members (excludes halogenated alkanes) is 21. The molecule has 0 bridgehead atoms. The molecule has 63 heavy (non-hydrogen) atoms. The van der Waals surface area contributed by atoms with Crippen LogP contribution in [0, 0.1) is 0 Å². The first-order valence-electron chi connectivity index (χ1n) is 25.0. The van der Waals surface area contributed by atoms with Crippen LogP contribution in [0.3, 0.4) is 0 Å². The van der Waals surface area contributed by atoms with Gasteiger partial charge in [0.15, 0.2) is 0 Å². The molecule has 0 radical (unpaired) electrons. The monoisotopic (exact) mass is 906 g/mol. The molecule has 4 N–H and O–H groups in total. The van der Waals surface area contributed by atoms with Gasteiger partial charge in [0.2, 0.25) is 0 Å². The second kappa shape index (κ2) is 47.4. The summed E-state index contributed by atoms with van der Waals surface area (Å²) in [5, 5.41) is 8.92. The van der Waals surface area contributed by atoms with Crippen molar-refractivity contribution in [3.05, 3.63) is 72.9 Å². The van der Waals surface area contributed by atoms with Crippen LogP contribution in [0.2, 0.25) is 0 Å². The van der Waals surface area contributed by atoms with Crippen LogP contribution < -0.4 is 5.73 Å². The fourth-order valence-electron chi connectivity index (χ4n) is 6.56. The van der Waals surface area contributed by atoms with E-state index in [-0.39, 0.29) is 13.0 Å². The van der Waals surface area contributed by atoms with Crippen molar-refractivity contribution in [3.8, 4) is 0 Å². The molecule has 0 saturated carbocycles. The van der Waals surface area contributed by atoms with Crippen LogP contribution in [-0.4, -0.2) is 60.5 Å². The predicted molar refractivity (Wildman–Crippen MR) is 263 cm³/mol. The molecule has 0 amide bonds. The van der Waals surface area contributed by atoms with Gasteiger partial charge in [-0.15, -0.1) is 0 Å². The van der Waals surface area contributed by atoms with Gasteiger partial charge < -0.3 is 25.2 Å². The molecule has 0 aliphatic rings. The number of nitrogens with two attached hydrogens (primary N) is 1. The zero-order valence-corrected chi connectivity index (χ0v) is 40.8. The predicted octanol–water partition coefficient (Wildman–Crippen LogP) is 14.5. The van der Waals surface area contributed by atoms with Gasteiger partial charge in [-0.25, -0.2) is 4.57 Å². The highest BCUT2D eigenvalue weighted by molar-refractivity contribution is 7.47. The number of carbonyl (C=O) groups is 2. The summed E-state index contributed by atoms with van der Waals surface area (Å²) < 4.78 is 33.5. The second-order valence-electron chi connectivity index (χ2n) is 16.6. The smallest absolute Gasteiger partial charge is 0.472 e. The number of hydrogen-bond acceptors (Lipinski definition) is 8. The largest absolute Gasteiger partial charge is 0.480 e. The molecule has 3 unspecified atom stereocenters. The summed E-state index contributed by atoms with van der Waals surface area (Å²) in [6.45, 7) is 3.81. The Bertz CT molecular complexity index is 1280. The zero-order chi connectivity index (χ0) is 46.2. The molecule has 364 valence electrons. The number of hydrogen-bond donors (Lipinski definition) is 3.